The van der Waals surface area contributed by atoms with Gasteiger partial charge < -0.3 is 11.1 Å². The van der Waals surface area contributed by atoms with Crippen molar-refractivity contribution in [3.8, 4) is 0 Å². The number of para-hydroxylation sites is 1. The Balaban J connectivity index is 2.23. The molecular formula is C13H18N4S. The van der Waals surface area contributed by atoms with Gasteiger partial charge in [0.2, 0.25) is 5.13 Å². The molecule has 1 aromatic carbocycles. The third-order valence-corrected chi connectivity index (χ3v) is 3.30. The average molecular weight is 262 g/mol. The molecule has 0 saturated heterocycles. The Morgan fingerprint density at radius 1 is 1.22 bits per heavy atom. The summed E-state index contributed by atoms with van der Waals surface area (Å²) in [5.41, 5.74) is 8.03. The van der Waals surface area contributed by atoms with Crippen molar-refractivity contribution in [3.05, 3.63) is 35.7 Å². The van der Waals surface area contributed by atoms with Crippen molar-refractivity contribution in [2.45, 2.75) is 32.7 Å². The second-order valence-corrected chi connectivity index (χ2v) is 5.37. The number of benzene rings is 1. The summed E-state index contributed by atoms with van der Waals surface area (Å²) < 4.78 is 4.32. The van der Waals surface area contributed by atoms with Crippen molar-refractivity contribution >= 4 is 22.4 Å². The normalized spacial score (nSPS) is 12.7. The van der Waals surface area contributed by atoms with Crippen LogP contribution in [0, 0.1) is 0 Å². The highest BCUT2D eigenvalue weighted by atomic mass is 32.1. The van der Waals surface area contributed by atoms with Crippen molar-refractivity contribution in [1.29, 1.82) is 0 Å². The predicted molar refractivity (Wildman–Crippen MR) is 76.3 cm³/mol. The molecule has 3 N–H and O–H groups in total. The summed E-state index contributed by atoms with van der Waals surface area (Å²) in [7, 11) is 0. The summed E-state index contributed by atoms with van der Waals surface area (Å²) in [5, 5.41) is 4.11. The summed E-state index contributed by atoms with van der Waals surface area (Å²) in [6.45, 7) is 6.14. The van der Waals surface area contributed by atoms with Crippen LogP contribution in [0.3, 0.4) is 0 Å². The van der Waals surface area contributed by atoms with Crippen molar-refractivity contribution in [2.24, 2.45) is 5.73 Å². The van der Waals surface area contributed by atoms with E-state index >= 15 is 0 Å². The Bertz CT molecular complexity index is 519. The molecule has 5 heteroatoms. The van der Waals surface area contributed by atoms with E-state index in [9.17, 15) is 0 Å². The quantitative estimate of drug-likeness (QED) is 0.886. The molecule has 1 atom stereocenters. The van der Waals surface area contributed by atoms with Gasteiger partial charge in [-0.05, 0) is 18.6 Å². The van der Waals surface area contributed by atoms with Crippen molar-refractivity contribution in [1.82, 2.24) is 9.36 Å². The first kappa shape index (κ1) is 13.0. The van der Waals surface area contributed by atoms with E-state index in [0.717, 1.165) is 22.2 Å². The second-order valence-electron chi connectivity index (χ2n) is 4.61. The van der Waals surface area contributed by atoms with Gasteiger partial charge in [0.15, 0.2) is 0 Å². The van der Waals surface area contributed by atoms with E-state index in [4.69, 9.17) is 5.73 Å². The van der Waals surface area contributed by atoms with E-state index < -0.39 is 0 Å². The smallest absolute Gasteiger partial charge is 0.207 e. The highest BCUT2D eigenvalue weighted by molar-refractivity contribution is 7.09. The van der Waals surface area contributed by atoms with Gasteiger partial charge in [-0.1, -0.05) is 32.0 Å². The largest absolute Gasteiger partial charge is 0.330 e. The molecule has 0 bridgehead atoms. The Morgan fingerprint density at radius 3 is 2.56 bits per heavy atom. The predicted octanol–water partition coefficient (Wildman–Crippen LogP) is 3.42. The molecule has 2 rings (SSSR count). The van der Waals surface area contributed by atoms with Gasteiger partial charge in [0.25, 0.3) is 0 Å². The van der Waals surface area contributed by atoms with Crippen LogP contribution in [-0.4, -0.2) is 9.36 Å². The third kappa shape index (κ3) is 2.86. The van der Waals surface area contributed by atoms with Crippen LogP contribution in [0.1, 0.15) is 44.1 Å². The molecule has 0 radical (unpaired) electrons. The minimum atomic E-state index is -0.00816. The lowest BCUT2D eigenvalue weighted by Crippen LogP contribution is -2.07. The van der Waals surface area contributed by atoms with Crippen LogP contribution in [0.4, 0.5) is 10.8 Å². The van der Waals surface area contributed by atoms with E-state index in [1.165, 1.54) is 11.5 Å². The average Bonchev–Trinajstić information content (AvgIpc) is 2.78. The van der Waals surface area contributed by atoms with Crippen LogP contribution in [-0.2, 0) is 0 Å². The van der Waals surface area contributed by atoms with Crippen molar-refractivity contribution < 1.29 is 0 Å². The molecule has 0 aliphatic carbocycles. The Kier molecular flexibility index (Phi) is 3.93. The van der Waals surface area contributed by atoms with E-state index in [2.05, 4.69) is 28.5 Å². The van der Waals surface area contributed by atoms with Gasteiger partial charge in [0, 0.05) is 29.2 Å². The molecule has 4 nitrogen and oxygen atoms in total. The zero-order valence-corrected chi connectivity index (χ0v) is 11.7. The van der Waals surface area contributed by atoms with Gasteiger partial charge in [0.05, 0.1) is 0 Å². The number of nitrogens with two attached hydrogens (primary N) is 1. The summed E-state index contributed by atoms with van der Waals surface area (Å²) >= 11 is 1.38. The lowest BCUT2D eigenvalue weighted by Gasteiger charge is -2.12. The van der Waals surface area contributed by atoms with Crippen molar-refractivity contribution in [2.75, 3.05) is 5.32 Å². The highest BCUT2D eigenvalue weighted by Gasteiger charge is 2.10. The van der Waals surface area contributed by atoms with E-state index in [0.29, 0.717) is 5.92 Å². The van der Waals surface area contributed by atoms with Gasteiger partial charge >= 0.3 is 0 Å². The fourth-order valence-electron chi connectivity index (χ4n) is 1.64. The Hall–Kier alpha value is -1.46. The lowest BCUT2D eigenvalue weighted by molar-refractivity contribution is 0.799. The van der Waals surface area contributed by atoms with Gasteiger partial charge in [-0.25, -0.2) is 4.98 Å². The first-order valence-electron chi connectivity index (χ1n) is 6.03. The molecule has 2 aromatic rings. The molecule has 18 heavy (non-hydrogen) atoms. The van der Waals surface area contributed by atoms with Gasteiger partial charge in [0.1, 0.15) is 5.82 Å². The molecule has 0 amide bonds. The van der Waals surface area contributed by atoms with Gasteiger partial charge in [-0.2, -0.15) is 4.37 Å². The number of nitrogens with zero attached hydrogens (tertiary/aromatic N) is 2. The third-order valence-electron chi connectivity index (χ3n) is 2.65. The first-order valence-corrected chi connectivity index (χ1v) is 6.80. The summed E-state index contributed by atoms with van der Waals surface area (Å²) in [6, 6.07) is 8.00. The standard InChI is InChI=1S/C13H18N4S/c1-8(2)12-16-13(18-17-12)15-11-7-5-4-6-10(11)9(3)14/h4-9H,14H2,1-3H3,(H,15,16,17). The molecule has 0 spiro atoms. The Morgan fingerprint density at radius 2 is 1.94 bits per heavy atom. The number of nitrogens with one attached hydrogen (secondary N) is 1. The zero-order valence-electron chi connectivity index (χ0n) is 10.8. The molecule has 1 unspecified atom stereocenters. The SMILES string of the molecule is CC(C)c1nsc(Nc2ccccc2C(C)N)n1. The summed E-state index contributed by atoms with van der Waals surface area (Å²) in [5.74, 6) is 1.22. The highest BCUT2D eigenvalue weighted by Crippen LogP contribution is 2.26. The maximum Gasteiger partial charge on any atom is 0.207 e. The number of hydrogen-bond donors (Lipinski definition) is 2. The van der Waals surface area contributed by atoms with Gasteiger partial charge in [-0.15, -0.1) is 0 Å². The van der Waals surface area contributed by atoms with Gasteiger partial charge in [-0.3, -0.25) is 0 Å². The molecular weight excluding hydrogens is 244 g/mol. The molecule has 0 fully saturated rings. The zero-order chi connectivity index (χ0) is 13.1. The van der Waals surface area contributed by atoms with Crippen LogP contribution < -0.4 is 11.1 Å². The van der Waals surface area contributed by atoms with Crippen LogP contribution in [0.25, 0.3) is 0 Å². The fraction of sp³-hybridized carbons (Fsp3) is 0.385. The molecule has 0 aliphatic heterocycles. The molecule has 1 heterocycles. The van der Waals surface area contributed by atoms with Crippen LogP contribution in [0.2, 0.25) is 0 Å². The topological polar surface area (TPSA) is 63.8 Å². The van der Waals surface area contributed by atoms with Crippen molar-refractivity contribution in [3.63, 3.8) is 0 Å². The first-order chi connectivity index (χ1) is 8.58. The number of hydrogen-bond acceptors (Lipinski definition) is 5. The number of anilines is 2. The van der Waals surface area contributed by atoms with E-state index in [-0.39, 0.29) is 6.04 Å². The van der Waals surface area contributed by atoms with E-state index in [1.54, 1.807) is 0 Å². The van der Waals surface area contributed by atoms with E-state index in [1.807, 2.05) is 31.2 Å². The lowest BCUT2D eigenvalue weighted by atomic mass is 10.1. The van der Waals surface area contributed by atoms with Crippen LogP contribution in [0.5, 0.6) is 0 Å². The minimum absolute atomic E-state index is 0.00816. The maximum absolute atomic E-state index is 5.95. The Labute approximate surface area is 111 Å². The second kappa shape index (κ2) is 5.46. The number of rotatable bonds is 4. The minimum Gasteiger partial charge on any atom is -0.330 e. The molecule has 96 valence electrons. The van der Waals surface area contributed by atoms with Crippen LogP contribution in [0.15, 0.2) is 24.3 Å². The maximum atomic E-state index is 5.95. The molecule has 0 aliphatic rings. The molecule has 1 aromatic heterocycles. The summed E-state index contributed by atoms with van der Waals surface area (Å²) in [6.07, 6.45) is 0. The molecule has 0 saturated carbocycles. The fourth-order valence-corrected chi connectivity index (χ4v) is 2.36. The number of aromatic nitrogens is 2. The van der Waals surface area contributed by atoms with Crippen LogP contribution >= 0.6 is 11.5 Å². The summed E-state index contributed by atoms with van der Waals surface area (Å²) in [4.78, 5) is 4.46. The monoisotopic (exact) mass is 262 g/mol.